The molecule has 2 heterocycles. The fourth-order valence-electron chi connectivity index (χ4n) is 5.52. The van der Waals surface area contributed by atoms with Gasteiger partial charge in [0.2, 0.25) is 5.88 Å². The third-order valence-corrected chi connectivity index (χ3v) is 13.4. The van der Waals surface area contributed by atoms with Gasteiger partial charge in [0.15, 0.2) is 14.1 Å². The van der Waals surface area contributed by atoms with Gasteiger partial charge in [-0.15, -0.1) is 5.10 Å². The van der Waals surface area contributed by atoms with Crippen LogP contribution in [0.5, 0.6) is 5.88 Å². The number of pyridine rings is 1. The highest BCUT2D eigenvalue weighted by atomic mass is 35.5. The Hall–Kier alpha value is -1.90. The topological polar surface area (TPSA) is 86.5 Å². The number of aromatic carboxylic acids is 1. The Kier molecular flexibility index (Phi) is 5.06. The van der Waals surface area contributed by atoms with E-state index in [0.29, 0.717) is 35.1 Å². The average molecular weight is 490 g/mol. The molecule has 2 spiro atoms. The molecule has 0 radical (unpaired) electrons. The lowest BCUT2D eigenvalue weighted by Gasteiger charge is -2.39. The Morgan fingerprint density at radius 3 is 2.39 bits per heavy atom. The second-order valence-corrected chi connectivity index (χ2v) is 16.5. The molecule has 3 saturated carbocycles. The summed E-state index contributed by atoms with van der Waals surface area (Å²) in [6, 6.07) is 4.79. The number of halogens is 1. The molecule has 3 aliphatic carbocycles. The number of carboxylic acid groups (broad SMARTS) is 1. The van der Waals surface area contributed by atoms with Crippen molar-refractivity contribution >= 4 is 25.9 Å². The maximum absolute atomic E-state index is 11.2. The van der Waals surface area contributed by atoms with Crippen molar-refractivity contribution in [1.82, 2.24) is 14.8 Å². The second kappa shape index (κ2) is 7.30. The molecule has 1 atom stereocenters. The largest absolute Gasteiger partial charge is 0.478 e. The predicted molar refractivity (Wildman–Crippen MR) is 128 cm³/mol. The first kappa shape index (κ1) is 22.9. The smallest absolute Gasteiger partial charge is 0.338 e. The average Bonchev–Trinajstić information content (AvgIpc) is 3.67. The van der Waals surface area contributed by atoms with E-state index in [4.69, 9.17) is 25.9 Å². The maximum Gasteiger partial charge on any atom is 0.338 e. The molecule has 178 valence electrons. The summed E-state index contributed by atoms with van der Waals surface area (Å²) in [5.74, 6) is 0.419. The van der Waals surface area contributed by atoms with Crippen LogP contribution in [0.1, 0.15) is 56.8 Å². The zero-order valence-corrected chi connectivity index (χ0v) is 21.6. The van der Waals surface area contributed by atoms with Gasteiger partial charge >= 0.3 is 5.97 Å². The van der Waals surface area contributed by atoms with E-state index in [9.17, 15) is 4.79 Å². The lowest BCUT2D eigenvalue weighted by Crippen LogP contribution is -2.46. The summed E-state index contributed by atoms with van der Waals surface area (Å²) in [4.78, 5) is 15.3. The van der Waals surface area contributed by atoms with Crippen LogP contribution in [0.2, 0.25) is 23.3 Å². The molecule has 5 rings (SSSR count). The second-order valence-electron chi connectivity index (χ2n) is 11.4. The van der Waals surface area contributed by atoms with Crippen molar-refractivity contribution < 1.29 is 19.1 Å². The van der Waals surface area contributed by atoms with Crippen molar-refractivity contribution in [3.63, 3.8) is 0 Å². The summed E-state index contributed by atoms with van der Waals surface area (Å²) >= 11 is 6.01. The summed E-state index contributed by atoms with van der Waals surface area (Å²) in [6.07, 6.45) is 7.17. The van der Waals surface area contributed by atoms with Gasteiger partial charge in [0.25, 0.3) is 0 Å². The third-order valence-electron chi connectivity index (χ3n) is 8.56. The number of nitrogens with zero attached hydrogens (tertiary/aromatic N) is 3. The van der Waals surface area contributed by atoms with Crippen molar-refractivity contribution in [3.8, 4) is 11.7 Å². The van der Waals surface area contributed by atoms with Gasteiger partial charge in [-0.2, -0.15) is 0 Å². The molecule has 0 aromatic carbocycles. The minimum absolute atomic E-state index is 0.0397. The fourth-order valence-corrected chi connectivity index (χ4v) is 7.07. The van der Waals surface area contributed by atoms with Gasteiger partial charge < -0.3 is 14.3 Å². The molecule has 33 heavy (non-hydrogen) atoms. The normalized spacial score (nSPS) is 21.3. The van der Waals surface area contributed by atoms with Crippen LogP contribution in [-0.2, 0) is 4.43 Å². The Labute approximate surface area is 200 Å². The van der Waals surface area contributed by atoms with Gasteiger partial charge in [-0.3, -0.25) is 0 Å². The molecule has 3 fully saturated rings. The molecule has 0 aliphatic heterocycles. The van der Waals surface area contributed by atoms with E-state index in [1.807, 2.05) is 0 Å². The van der Waals surface area contributed by atoms with Crippen LogP contribution in [0, 0.1) is 16.7 Å². The highest BCUT2D eigenvalue weighted by Crippen LogP contribution is 2.93. The van der Waals surface area contributed by atoms with E-state index in [-0.39, 0.29) is 21.9 Å². The Balaban J connectivity index is 1.31. The first-order valence-corrected chi connectivity index (χ1v) is 15.0. The van der Waals surface area contributed by atoms with Crippen LogP contribution in [0.25, 0.3) is 5.82 Å². The zero-order chi connectivity index (χ0) is 23.8. The third kappa shape index (κ3) is 3.70. The minimum atomic E-state index is -1.95. The number of hydrogen-bond donors (Lipinski definition) is 1. The number of fused-ring (bicyclic) bond motifs is 1. The van der Waals surface area contributed by atoms with Crippen molar-refractivity contribution in [3.05, 3.63) is 35.1 Å². The van der Waals surface area contributed by atoms with Crippen LogP contribution in [0.15, 0.2) is 24.4 Å². The molecule has 9 heteroatoms. The number of hydrogen-bond acceptors (Lipinski definition) is 5. The van der Waals surface area contributed by atoms with Crippen LogP contribution < -0.4 is 4.74 Å². The molecule has 2 aromatic heterocycles. The van der Waals surface area contributed by atoms with Gasteiger partial charge in [0, 0.05) is 12.3 Å². The fraction of sp³-hybridized carbons (Fsp3) is 0.625. The van der Waals surface area contributed by atoms with Crippen LogP contribution in [0.3, 0.4) is 0 Å². The van der Waals surface area contributed by atoms with Crippen LogP contribution >= 0.6 is 11.6 Å². The molecule has 2 aromatic rings. The molecule has 0 amide bonds. The van der Waals surface area contributed by atoms with Gasteiger partial charge in [-0.1, -0.05) is 32.4 Å². The summed E-state index contributed by atoms with van der Waals surface area (Å²) in [5.41, 5.74) is 1.01. The number of carbonyl (C=O) groups is 1. The molecule has 0 saturated heterocycles. The van der Waals surface area contributed by atoms with E-state index >= 15 is 0 Å². The monoisotopic (exact) mass is 489 g/mol. The molecule has 7 nitrogen and oxygen atoms in total. The summed E-state index contributed by atoms with van der Waals surface area (Å²) in [6.45, 7) is 11.9. The van der Waals surface area contributed by atoms with E-state index in [1.165, 1.54) is 31.7 Å². The SMILES string of the molecule is CC(C)(C)[Si](C)(C)OC(COc1ccn(-c2ccc(C(=O)O)c(Cl)n2)n1)C1C2(CC2)C12CC2. The van der Waals surface area contributed by atoms with Crippen LogP contribution in [-0.4, -0.2) is 46.9 Å². The lowest BCUT2D eigenvalue weighted by atomic mass is 10.2. The first-order chi connectivity index (χ1) is 15.4. The van der Waals surface area contributed by atoms with Crippen molar-refractivity contribution in [2.45, 2.75) is 70.7 Å². The molecular weight excluding hydrogens is 458 g/mol. The molecule has 3 aliphatic rings. The van der Waals surface area contributed by atoms with E-state index in [0.717, 1.165) is 0 Å². The van der Waals surface area contributed by atoms with Gasteiger partial charge in [-0.05, 0) is 72.7 Å². The Morgan fingerprint density at radius 2 is 1.88 bits per heavy atom. The molecule has 0 bridgehead atoms. The maximum atomic E-state index is 11.2. The van der Waals surface area contributed by atoms with Crippen molar-refractivity contribution in [2.75, 3.05) is 6.61 Å². The van der Waals surface area contributed by atoms with Gasteiger partial charge in [0.1, 0.15) is 11.8 Å². The van der Waals surface area contributed by atoms with Crippen LogP contribution in [0.4, 0.5) is 0 Å². The zero-order valence-electron chi connectivity index (χ0n) is 19.9. The van der Waals surface area contributed by atoms with Crippen molar-refractivity contribution in [1.29, 1.82) is 0 Å². The first-order valence-electron chi connectivity index (χ1n) is 11.7. The van der Waals surface area contributed by atoms with Gasteiger partial charge in [0.05, 0.1) is 11.7 Å². The highest BCUT2D eigenvalue weighted by molar-refractivity contribution is 6.74. The number of ether oxygens (including phenoxy) is 1. The number of rotatable bonds is 8. The quantitative estimate of drug-likeness (QED) is 0.385. The Bertz CT molecular complexity index is 1080. The number of carboxylic acids is 1. The molecule has 1 N–H and O–H groups in total. The summed E-state index contributed by atoms with van der Waals surface area (Å²) < 4.78 is 14.7. The van der Waals surface area contributed by atoms with Crippen molar-refractivity contribution in [2.24, 2.45) is 16.7 Å². The minimum Gasteiger partial charge on any atom is -0.478 e. The standard InChI is InChI=1S/C24H32ClN3O4Si/c1-22(2,3)33(4,5)32-16(19-23(9-10-23)24(19)11-12-24)14-31-18-8-13-28(27-18)17-7-6-15(21(29)30)20(25)26-17/h6-8,13,16,19H,9-12,14H2,1-5H3,(H,29,30). The lowest BCUT2D eigenvalue weighted by molar-refractivity contribution is 0.0696. The summed E-state index contributed by atoms with van der Waals surface area (Å²) in [7, 11) is -1.95. The van der Waals surface area contributed by atoms with E-state index in [1.54, 1.807) is 23.0 Å². The van der Waals surface area contributed by atoms with E-state index < -0.39 is 14.3 Å². The highest BCUT2D eigenvalue weighted by Gasteiger charge is 2.88. The Morgan fingerprint density at radius 1 is 1.24 bits per heavy atom. The van der Waals surface area contributed by atoms with E-state index in [2.05, 4.69) is 43.9 Å². The summed E-state index contributed by atoms with van der Waals surface area (Å²) in [5, 5.41) is 13.7. The molecular formula is C24H32ClN3O4Si. The number of aromatic nitrogens is 3. The molecule has 1 unspecified atom stereocenters. The van der Waals surface area contributed by atoms with Gasteiger partial charge in [-0.25, -0.2) is 14.5 Å². The predicted octanol–water partition coefficient (Wildman–Crippen LogP) is 5.58.